The fourth-order valence-corrected chi connectivity index (χ4v) is 2.55. The molecule has 0 bridgehead atoms. The summed E-state index contributed by atoms with van der Waals surface area (Å²) in [7, 11) is 1.59. The fourth-order valence-electron chi connectivity index (χ4n) is 2.55. The molecule has 3 N–H and O–H groups in total. The van der Waals surface area contributed by atoms with Crippen molar-refractivity contribution in [3.8, 4) is 5.75 Å². The van der Waals surface area contributed by atoms with E-state index in [2.05, 4.69) is 17.4 Å². The Bertz CT molecular complexity index is 749. The Kier molecular flexibility index (Phi) is 7.85. The highest BCUT2D eigenvalue weighted by molar-refractivity contribution is 5.76. The number of esters is 1. The van der Waals surface area contributed by atoms with Crippen molar-refractivity contribution in [1.29, 1.82) is 0 Å². The number of carbonyl (C=O) groups is 1. The van der Waals surface area contributed by atoms with Gasteiger partial charge in [0, 0.05) is 6.07 Å². The van der Waals surface area contributed by atoms with E-state index in [0.29, 0.717) is 11.3 Å². The number of benzene rings is 2. The third kappa shape index (κ3) is 6.13. The highest BCUT2D eigenvalue weighted by Gasteiger charge is 2.23. The first-order chi connectivity index (χ1) is 13.0. The minimum absolute atomic E-state index is 0.214. The quantitative estimate of drug-likeness (QED) is 0.339. The lowest BCUT2D eigenvalue weighted by Gasteiger charge is -2.22. The lowest BCUT2D eigenvalue weighted by Crippen LogP contribution is -2.42. The summed E-state index contributed by atoms with van der Waals surface area (Å²) in [5, 5.41) is 10.5. The fraction of sp³-hybridized carbons (Fsp3) is 0.286. The van der Waals surface area contributed by atoms with Crippen molar-refractivity contribution < 1.29 is 19.4 Å². The van der Waals surface area contributed by atoms with Gasteiger partial charge in [0.05, 0.1) is 25.5 Å². The third-order valence-electron chi connectivity index (χ3n) is 4.00. The van der Waals surface area contributed by atoms with Gasteiger partial charge in [0.1, 0.15) is 11.8 Å². The molecule has 2 rings (SSSR count). The molecule has 2 aromatic carbocycles. The number of aliphatic hydroxyl groups excluding tert-OH is 1. The highest BCUT2D eigenvalue weighted by atomic mass is 16.5. The zero-order valence-corrected chi connectivity index (χ0v) is 15.6. The van der Waals surface area contributed by atoms with Crippen LogP contribution in [-0.4, -0.2) is 30.8 Å². The summed E-state index contributed by atoms with van der Waals surface area (Å²) >= 11 is 0. The molecule has 0 saturated heterocycles. The number of hydrogen-bond donors (Lipinski definition) is 3. The second-order valence-corrected chi connectivity index (χ2v) is 5.98. The molecule has 0 aliphatic carbocycles. The molecular weight excluding hydrogens is 344 g/mol. The Balaban J connectivity index is 2.04. The Labute approximate surface area is 159 Å². The van der Waals surface area contributed by atoms with Crippen LogP contribution in [0.5, 0.6) is 5.75 Å². The molecule has 0 radical (unpaired) electrons. The van der Waals surface area contributed by atoms with Crippen LogP contribution < -0.4 is 15.6 Å². The summed E-state index contributed by atoms with van der Waals surface area (Å²) in [5.41, 5.74) is 7.92. The van der Waals surface area contributed by atoms with Gasteiger partial charge in [0.15, 0.2) is 0 Å². The average molecular weight is 370 g/mol. The zero-order valence-electron chi connectivity index (χ0n) is 15.6. The summed E-state index contributed by atoms with van der Waals surface area (Å²) in [6, 6.07) is 15.8. The Morgan fingerprint density at radius 2 is 1.93 bits per heavy atom. The van der Waals surface area contributed by atoms with Gasteiger partial charge < -0.3 is 20.0 Å². The monoisotopic (exact) mass is 370 g/mol. The largest absolute Gasteiger partial charge is 0.497 e. The Hall–Kier alpha value is -2.83. The lowest BCUT2D eigenvalue weighted by atomic mass is 9.97. The molecule has 0 aromatic heterocycles. The van der Waals surface area contributed by atoms with Crippen LogP contribution >= 0.6 is 0 Å². The molecule has 0 aliphatic rings. The van der Waals surface area contributed by atoms with Crippen LogP contribution in [0.1, 0.15) is 25.0 Å². The molecule has 6 nitrogen and oxygen atoms in total. The molecule has 2 atom stereocenters. The van der Waals surface area contributed by atoms with Gasteiger partial charge in [0.25, 0.3) is 0 Å². The number of nitrogens with one attached hydrogen (secondary N) is 2. The molecule has 144 valence electrons. The minimum atomic E-state index is -0.859. The predicted molar refractivity (Wildman–Crippen MR) is 105 cm³/mol. The maximum absolute atomic E-state index is 12.3. The third-order valence-corrected chi connectivity index (χ3v) is 4.00. The molecule has 0 aliphatic heterocycles. The standard InChI is InChI=1S/C21H26N2O4/c1-4-27-21(25)19(23-22-17-11-8-12-18(14-17)26-3)13-15(2)20(24)16-9-6-5-7-10-16/h5-12,14,19-20,22-24H,2,4,13H2,1,3H3. The average Bonchev–Trinajstić information content (AvgIpc) is 2.71. The Morgan fingerprint density at radius 3 is 2.59 bits per heavy atom. The Morgan fingerprint density at radius 1 is 1.19 bits per heavy atom. The van der Waals surface area contributed by atoms with Gasteiger partial charge in [-0.2, -0.15) is 0 Å². The zero-order chi connectivity index (χ0) is 19.6. The number of ether oxygens (including phenoxy) is 2. The maximum atomic E-state index is 12.3. The van der Waals surface area contributed by atoms with Crippen molar-refractivity contribution in [2.24, 2.45) is 0 Å². The molecule has 27 heavy (non-hydrogen) atoms. The molecule has 6 heteroatoms. The van der Waals surface area contributed by atoms with Crippen molar-refractivity contribution in [3.63, 3.8) is 0 Å². The van der Waals surface area contributed by atoms with Gasteiger partial charge in [-0.15, -0.1) is 0 Å². The summed E-state index contributed by atoms with van der Waals surface area (Å²) in [4.78, 5) is 12.3. The van der Waals surface area contributed by atoms with Gasteiger partial charge in [-0.05, 0) is 36.6 Å². The van der Waals surface area contributed by atoms with Crippen molar-refractivity contribution >= 4 is 11.7 Å². The van der Waals surface area contributed by atoms with E-state index in [-0.39, 0.29) is 13.0 Å². The van der Waals surface area contributed by atoms with Gasteiger partial charge >= 0.3 is 5.97 Å². The van der Waals surface area contributed by atoms with E-state index >= 15 is 0 Å². The van der Waals surface area contributed by atoms with Crippen LogP contribution in [-0.2, 0) is 9.53 Å². The summed E-state index contributed by atoms with van der Waals surface area (Å²) < 4.78 is 10.3. The molecular formula is C21H26N2O4. The molecule has 2 unspecified atom stereocenters. The summed E-state index contributed by atoms with van der Waals surface area (Å²) in [6.45, 7) is 5.97. The van der Waals surface area contributed by atoms with E-state index in [9.17, 15) is 9.90 Å². The van der Waals surface area contributed by atoms with Crippen LogP contribution in [0, 0.1) is 0 Å². The first-order valence-electron chi connectivity index (χ1n) is 8.78. The molecule has 0 spiro atoms. The van der Waals surface area contributed by atoms with Crippen LogP contribution in [0.4, 0.5) is 5.69 Å². The minimum Gasteiger partial charge on any atom is -0.497 e. The van der Waals surface area contributed by atoms with Crippen molar-refractivity contribution in [2.45, 2.75) is 25.5 Å². The van der Waals surface area contributed by atoms with E-state index in [1.807, 2.05) is 48.5 Å². The number of hydrazine groups is 1. The second-order valence-electron chi connectivity index (χ2n) is 5.98. The van der Waals surface area contributed by atoms with E-state index in [4.69, 9.17) is 9.47 Å². The normalized spacial score (nSPS) is 12.7. The first kappa shape index (κ1) is 20.5. The summed E-state index contributed by atoms with van der Waals surface area (Å²) in [6.07, 6.45) is -0.645. The van der Waals surface area contributed by atoms with E-state index < -0.39 is 18.1 Å². The number of aliphatic hydroxyl groups is 1. The second kappa shape index (κ2) is 10.4. The molecule has 0 fully saturated rings. The van der Waals surface area contributed by atoms with E-state index in [1.165, 1.54) is 0 Å². The van der Waals surface area contributed by atoms with Gasteiger partial charge in [-0.3, -0.25) is 4.79 Å². The predicted octanol–water partition coefficient (Wildman–Crippen LogP) is 3.22. The molecule has 0 amide bonds. The van der Waals surface area contributed by atoms with Gasteiger partial charge in [-0.1, -0.05) is 43.0 Å². The number of hydrogen-bond acceptors (Lipinski definition) is 6. The van der Waals surface area contributed by atoms with Gasteiger partial charge in [0.2, 0.25) is 0 Å². The number of methoxy groups -OCH3 is 1. The molecule has 2 aromatic rings. The van der Waals surface area contributed by atoms with Crippen molar-refractivity contribution in [3.05, 3.63) is 72.3 Å². The smallest absolute Gasteiger partial charge is 0.325 e. The first-order valence-corrected chi connectivity index (χ1v) is 8.78. The topological polar surface area (TPSA) is 79.8 Å². The van der Waals surface area contributed by atoms with Crippen LogP contribution in [0.15, 0.2) is 66.7 Å². The van der Waals surface area contributed by atoms with Gasteiger partial charge in [-0.25, -0.2) is 5.43 Å². The maximum Gasteiger partial charge on any atom is 0.325 e. The SMILES string of the molecule is C=C(CC(NNc1cccc(OC)c1)C(=O)OCC)C(O)c1ccccc1. The van der Waals surface area contributed by atoms with Crippen LogP contribution in [0.2, 0.25) is 0 Å². The van der Waals surface area contributed by atoms with E-state index in [0.717, 1.165) is 11.3 Å². The highest BCUT2D eigenvalue weighted by Crippen LogP contribution is 2.24. The lowest BCUT2D eigenvalue weighted by molar-refractivity contribution is -0.145. The number of rotatable bonds is 10. The van der Waals surface area contributed by atoms with E-state index in [1.54, 1.807) is 20.1 Å². The van der Waals surface area contributed by atoms with Crippen LogP contribution in [0.3, 0.4) is 0 Å². The molecule has 0 heterocycles. The summed E-state index contributed by atoms with van der Waals surface area (Å²) in [5.74, 6) is 0.271. The number of carbonyl (C=O) groups excluding carboxylic acids is 1. The van der Waals surface area contributed by atoms with Crippen LogP contribution in [0.25, 0.3) is 0 Å². The van der Waals surface area contributed by atoms with Crippen molar-refractivity contribution in [1.82, 2.24) is 5.43 Å². The number of anilines is 1. The molecule has 0 saturated carbocycles. The van der Waals surface area contributed by atoms with Crippen molar-refractivity contribution in [2.75, 3.05) is 19.1 Å².